The van der Waals surface area contributed by atoms with Crippen molar-refractivity contribution >= 4 is 11.6 Å². The van der Waals surface area contributed by atoms with Gasteiger partial charge in [-0.25, -0.2) is 0 Å². The van der Waals surface area contributed by atoms with E-state index in [0.717, 1.165) is 41.4 Å². The van der Waals surface area contributed by atoms with Crippen molar-refractivity contribution in [1.82, 2.24) is 4.90 Å². The zero-order valence-electron chi connectivity index (χ0n) is 18.1. The van der Waals surface area contributed by atoms with Crippen molar-refractivity contribution in [2.75, 3.05) is 38.2 Å². The number of hydrogen-bond donors (Lipinski definition) is 0. The lowest BCUT2D eigenvalue weighted by molar-refractivity contribution is -0.138. The molecule has 1 heterocycles. The predicted molar refractivity (Wildman–Crippen MR) is 117 cm³/mol. The van der Waals surface area contributed by atoms with Gasteiger partial charge in [0.15, 0.2) is 6.10 Å². The number of aryl methyl sites for hydroxylation is 1. The Kier molecular flexibility index (Phi) is 6.68. The number of ether oxygens (including phenoxy) is 2. The highest BCUT2D eigenvalue weighted by Crippen LogP contribution is 2.30. The lowest BCUT2D eigenvalue weighted by atomic mass is 10.0. The Morgan fingerprint density at radius 3 is 2.31 bits per heavy atom. The van der Waals surface area contributed by atoms with Crippen molar-refractivity contribution < 1.29 is 14.3 Å². The van der Waals surface area contributed by atoms with Gasteiger partial charge >= 0.3 is 0 Å². The van der Waals surface area contributed by atoms with Crippen LogP contribution in [0.25, 0.3) is 0 Å². The maximum Gasteiger partial charge on any atom is 0.263 e. The fraction of sp³-hybridized carbons (Fsp3) is 0.458. The SMILES string of the molecule is COc1ccccc1N1CCN(C(=O)C(C)Oc2cc(C)ccc2C(C)C)CC1. The lowest BCUT2D eigenvalue weighted by Gasteiger charge is -2.37. The summed E-state index contributed by atoms with van der Waals surface area (Å²) < 4.78 is 11.6. The molecule has 29 heavy (non-hydrogen) atoms. The average Bonchev–Trinajstić information content (AvgIpc) is 2.73. The molecule has 0 bridgehead atoms. The second-order valence-corrected chi connectivity index (χ2v) is 7.94. The molecule has 2 aromatic carbocycles. The second-order valence-electron chi connectivity index (χ2n) is 7.94. The number of methoxy groups -OCH3 is 1. The van der Waals surface area contributed by atoms with Crippen molar-refractivity contribution in [3.05, 3.63) is 53.6 Å². The first-order valence-electron chi connectivity index (χ1n) is 10.3. The Hall–Kier alpha value is -2.69. The first kappa shape index (κ1) is 21.0. The van der Waals surface area contributed by atoms with E-state index in [1.807, 2.05) is 43.0 Å². The highest BCUT2D eigenvalue weighted by Gasteiger charge is 2.27. The molecule has 1 atom stereocenters. The number of nitrogens with zero attached hydrogens (tertiary/aromatic N) is 2. The normalized spacial score (nSPS) is 15.4. The third-order valence-electron chi connectivity index (χ3n) is 5.46. The van der Waals surface area contributed by atoms with E-state index in [0.29, 0.717) is 19.0 Å². The molecule has 0 aromatic heterocycles. The Bertz CT molecular complexity index is 842. The number of rotatable bonds is 6. The molecule has 1 aliphatic rings. The van der Waals surface area contributed by atoms with E-state index in [9.17, 15) is 4.79 Å². The maximum atomic E-state index is 13.0. The number of para-hydroxylation sites is 2. The molecule has 0 aliphatic carbocycles. The van der Waals surface area contributed by atoms with E-state index < -0.39 is 6.10 Å². The molecule has 1 fully saturated rings. The first-order chi connectivity index (χ1) is 13.9. The van der Waals surface area contributed by atoms with Gasteiger partial charge < -0.3 is 19.3 Å². The van der Waals surface area contributed by atoms with E-state index in [4.69, 9.17) is 9.47 Å². The Morgan fingerprint density at radius 2 is 1.66 bits per heavy atom. The van der Waals surface area contributed by atoms with Crippen molar-refractivity contribution in [3.63, 3.8) is 0 Å². The van der Waals surface area contributed by atoms with Gasteiger partial charge in [0, 0.05) is 26.2 Å². The van der Waals surface area contributed by atoms with Gasteiger partial charge in [-0.1, -0.05) is 38.1 Å². The lowest BCUT2D eigenvalue weighted by Crippen LogP contribution is -2.52. The van der Waals surface area contributed by atoms with Gasteiger partial charge in [0.1, 0.15) is 11.5 Å². The fourth-order valence-electron chi connectivity index (χ4n) is 3.78. The van der Waals surface area contributed by atoms with E-state index >= 15 is 0 Å². The monoisotopic (exact) mass is 396 g/mol. The summed E-state index contributed by atoms with van der Waals surface area (Å²) >= 11 is 0. The number of benzene rings is 2. The van der Waals surface area contributed by atoms with Crippen molar-refractivity contribution in [3.8, 4) is 11.5 Å². The minimum Gasteiger partial charge on any atom is -0.495 e. The van der Waals surface area contributed by atoms with E-state index in [-0.39, 0.29) is 5.91 Å². The topological polar surface area (TPSA) is 42.0 Å². The molecule has 0 spiro atoms. The van der Waals surface area contributed by atoms with Crippen LogP contribution in [0, 0.1) is 6.92 Å². The molecular formula is C24H32N2O3. The Balaban J connectivity index is 1.63. The van der Waals surface area contributed by atoms with Crippen LogP contribution >= 0.6 is 0 Å². The molecule has 3 rings (SSSR count). The molecule has 0 saturated carbocycles. The van der Waals surface area contributed by atoms with Gasteiger partial charge in [-0.05, 0) is 49.1 Å². The smallest absolute Gasteiger partial charge is 0.263 e. The van der Waals surface area contributed by atoms with Gasteiger partial charge in [-0.15, -0.1) is 0 Å². The van der Waals surface area contributed by atoms with Gasteiger partial charge in [0.2, 0.25) is 0 Å². The van der Waals surface area contributed by atoms with Crippen LogP contribution in [0.3, 0.4) is 0 Å². The van der Waals surface area contributed by atoms with Crippen LogP contribution in [0.4, 0.5) is 5.69 Å². The summed E-state index contributed by atoms with van der Waals surface area (Å²) in [7, 11) is 1.69. The Morgan fingerprint density at radius 1 is 0.966 bits per heavy atom. The summed E-state index contributed by atoms with van der Waals surface area (Å²) in [5.74, 6) is 2.07. The maximum absolute atomic E-state index is 13.0. The summed E-state index contributed by atoms with van der Waals surface area (Å²) in [5, 5.41) is 0. The third kappa shape index (κ3) is 4.84. The molecule has 0 radical (unpaired) electrons. The van der Waals surface area contributed by atoms with Crippen LogP contribution in [-0.4, -0.2) is 50.2 Å². The van der Waals surface area contributed by atoms with Gasteiger partial charge in [0.05, 0.1) is 12.8 Å². The third-order valence-corrected chi connectivity index (χ3v) is 5.46. The molecule has 5 heteroatoms. The fourth-order valence-corrected chi connectivity index (χ4v) is 3.78. The van der Waals surface area contributed by atoms with Crippen LogP contribution in [0.5, 0.6) is 11.5 Å². The van der Waals surface area contributed by atoms with Gasteiger partial charge in [0.25, 0.3) is 5.91 Å². The molecular weight excluding hydrogens is 364 g/mol. The zero-order valence-corrected chi connectivity index (χ0v) is 18.1. The molecule has 2 aromatic rings. The van der Waals surface area contributed by atoms with Crippen LogP contribution in [0.15, 0.2) is 42.5 Å². The number of carbonyl (C=O) groups is 1. The zero-order chi connectivity index (χ0) is 21.0. The predicted octanol–water partition coefficient (Wildman–Crippen LogP) is 4.24. The molecule has 5 nitrogen and oxygen atoms in total. The molecule has 156 valence electrons. The summed E-state index contributed by atoms with van der Waals surface area (Å²) in [6.07, 6.45) is -0.507. The number of anilines is 1. The minimum absolute atomic E-state index is 0.0425. The summed E-state index contributed by atoms with van der Waals surface area (Å²) in [4.78, 5) is 17.2. The number of piperazine rings is 1. The molecule has 1 amide bonds. The van der Waals surface area contributed by atoms with Crippen molar-refractivity contribution in [2.45, 2.75) is 39.7 Å². The van der Waals surface area contributed by atoms with Crippen LogP contribution in [-0.2, 0) is 4.79 Å². The highest BCUT2D eigenvalue weighted by molar-refractivity contribution is 5.81. The molecule has 0 N–H and O–H groups in total. The molecule has 1 saturated heterocycles. The standard InChI is InChI=1S/C24H32N2O3/c1-17(2)20-11-10-18(3)16-23(20)29-19(4)24(27)26-14-12-25(13-15-26)21-8-6-7-9-22(21)28-5/h6-11,16-17,19H,12-15H2,1-5H3. The van der Waals surface area contributed by atoms with E-state index in [1.54, 1.807) is 7.11 Å². The summed E-state index contributed by atoms with van der Waals surface area (Å²) in [6, 6.07) is 14.2. The summed E-state index contributed by atoms with van der Waals surface area (Å²) in [6.45, 7) is 11.1. The van der Waals surface area contributed by atoms with E-state index in [1.165, 1.54) is 0 Å². The largest absolute Gasteiger partial charge is 0.495 e. The average molecular weight is 397 g/mol. The first-order valence-corrected chi connectivity index (χ1v) is 10.3. The highest BCUT2D eigenvalue weighted by atomic mass is 16.5. The Labute approximate surface area is 174 Å². The molecule has 1 aliphatic heterocycles. The minimum atomic E-state index is -0.507. The van der Waals surface area contributed by atoms with Gasteiger partial charge in [-0.2, -0.15) is 0 Å². The number of carbonyl (C=O) groups excluding carboxylic acids is 1. The summed E-state index contributed by atoms with van der Waals surface area (Å²) in [5.41, 5.74) is 3.35. The van der Waals surface area contributed by atoms with Crippen molar-refractivity contribution in [1.29, 1.82) is 0 Å². The van der Waals surface area contributed by atoms with Gasteiger partial charge in [-0.3, -0.25) is 4.79 Å². The molecule has 1 unspecified atom stereocenters. The van der Waals surface area contributed by atoms with Crippen LogP contribution in [0.2, 0.25) is 0 Å². The van der Waals surface area contributed by atoms with Crippen LogP contribution < -0.4 is 14.4 Å². The quantitative estimate of drug-likeness (QED) is 0.732. The second kappa shape index (κ2) is 9.21. The number of hydrogen-bond acceptors (Lipinski definition) is 4. The number of amides is 1. The van der Waals surface area contributed by atoms with Crippen LogP contribution in [0.1, 0.15) is 37.8 Å². The van der Waals surface area contributed by atoms with Crippen molar-refractivity contribution in [2.24, 2.45) is 0 Å². The van der Waals surface area contributed by atoms with E-state index in [2.05, 4.69) is 36.9 Å².